The van der Waals surface area contributed by atoms with E-state index in [1.165, 1.54) is 24.9 Å². The van der Waals surface area contributed by atoms with E-state index in [1.54, 1.807) is 0 Å². The summed E-state index contributed by atoms with van der Waals surface area (Å²) < 4.78 is 5.01. The average Bonchev–Trinajstić information content (AvgIpc) is 2.99. The van der Waals surface area contributed by atoms with Crippen LogP contribution in [0.1, 0.15) is 16.1 Å². The van der Waals surface area contributed by atoms with E-state index in [4.69, 9.17) is 4.74 Å². The van der Waals surface area contributed by atoms with Crippen LogP contribution >= 0.6 is 0 Å². The van der Waals surface area contributed by atoms with Crippen LogP contribution in [0.15, 0.2) is 47.4 Å². The SMILES string of the molecule is COc1c[nH]c(C(=O)NC2C3CN4CCN(C3)CC2(c2ccccc2)C4)cc1=O. The van der Waals surface area contributed by atoms with Crippen molar-refractivity contribution in [2.75, 3.05) is 46.4 Å². The number of aromatic nitrogens is 1. The van der Waals surface area contributed by atoms with Crippen LogP contribution in [-0.4, -0.2) is 73.1 Å². The van der Waals surface area contributed by atoms with E-state index < -0.39 is 0 Å². The molecule has 6 rings (SSSR count). The Labute approximate surface area is 169 Å². The van der Waals surface area contributed by atoms with Crippen molar-refractivity contribution in [1.82, 2.24) is 20.1 Å². The number of fused-ring (bicyclic) bond motifs is 1. The van der Waals surface area contributed by atoms with Crippen LogP contribution in [-0.2, 0) is 5.41 Å². The zero-order chi connectivity index (χ0) is 20.0. The molecule has 4 bridgehead atoms. The van der Waals surface area contributed by atoms with Gasteiger partial charge in [0.05, 0.1) is 7.11 Å². The Balaban J connectivity index is 1.50. The van der Waals surface area contributed by atoms with Crippen molar-refractivity contribution in [2.45, 2.75) is 11.5 Å². The zero-order valence-corrected chi connectivity index (χ0v) is 16.6. The second-order valence-corrected chi connectivity index (χ2v) is 8.48. The van der Waals surface area contributed by atoms with Gasteiger partial charge >= 0.3 is 0 Å². The van der Waals surface area contributed by atoms with Crippen molar-refractivity contribution in [3.8, 4) is 5.75 Å². The number of amides is 1. The number of pyridine rings is 1. The summed E-state index contributed by atoms with van der Waals surface area (Å²) in [6, 6.07) is 11.9. The number of methoxy groups -OCH3 is 1. The number of hydrogen-bond donors (Lipinski definition) is 2. The van der Waals surface area contributed by atoms with Gasteiger partial charge in [-0.2, -0.15) is 0 Å². The van der Waals surface area contributed by atoms with Gasteiger partial charge in [0.25, 0.3) is 5.91 Å². The third-order valence-corrected chi connectivity index (χ3v) is 6.77. The van der Waals surface area contributed by atoms with Crippen LogP contribution in [0.3, 0.4) is 0 Å². The molecule has 1 amide bonds. The Morgan fingerprint density at radius 1 is 1.17 bits per heavy atom. The molecule has 0 saturated carbocycles. The monoisotopic (exact) mass is 394 g/mol. The van der Waals surface area contributed by atoms with E-state index in [-0.39, 0.29) is 34.2 Å². The smallest absolute Gasteiger partial charge is 0.268 e. The number of H-pyrrole nitrogens is 1. The van der Waals surface area contributed by atoms with Crippen LogP contribution in [0, 0.1) is 5.92 Å². The first-order valence-corrected chi connectivity index (χ1v) is 10.2. The second-order valence-electron chi connectivity index (χ2n) is 8.48. The highest BCUT2D eigenvalue weighted by Gasteiger charge is 2.55. The van der Waals surface area contributed by atoms with Gasteiger partial charge in [0.2, 0.25) is 5.43 Å². The lowest BCUT2D eigenvalue weighted by molar-refractivity contribution is 0.0179. The lowest BCUT2D eigenvalue weighted by Gasteiger charge is -2.55. The van der Waals surface area contributed by atoms with Gasteiger partial charge in [-0.05, 0) is 5.56 Å². The summed E-state index contributed by atoms with van der Waals surface area (Å²) in [7, 11) is 1.44. The minimum absolute atomic E-state index is 0.0219. The van der Waals surface area contributed by atoms with Crippen LogP contribution < -0.4 is 15.5 Å². The molecule has 4 aliphatic heterocycles. The number of nitrogens with one attached hydrogen (secondary N) is 2. The van der Waals surface area contributed by atoms with Crippen molar-refractivity contribution in [3.05, 3.63) is 64.1 Å². The maximum absolute atomic E-state index is 13.1. The molecule has 2 aromatic rings. The quantitative estimate of drug-likeness (QED) is 0.798. The highest BCUT2D eigenvalue weighted by molar-refractivity contribution is 5.92. The van der Waals surface area contributed by atoms with Gasteiger partial charge in [0.15, 0.2) is 5.75 Å². The van der Waals surface area contributed by atoms with E-state index in [2.05, 4.69) is 44.4 Å². The molecule has 1 aromatic heterocycles. The highest BCUT2D eigenvalue weighted by atomic mass is 16.5. The number of rotatable bonds is 4. The predicted molar refractivity (Wildman–Crippen MR) is 109 cm³/mol. The fourth-order valence-electron chi connectivity index (χ4n) is 5.54. The van der Waals surface area contributed by atoms with Crippen LogP contribution in [0.2, 0.25) is 0 Å². The first-order chi connectivity index (χ1) is 14.1. The third-order valence-electron chi connectivity index (χ3n) is 6.77. The molecular formula is C22H26N4O3. The molecule has 2 N–H and O–H groups in total. The van der Waals surface area contributed by atoms with Gasteiger partial charge in [0.1, 0.15) is 5.69 Å². The van der Waals surface area contributed by atoms with E-state index >= 15 is 0 Å². The van der Waals surface area contributed by atoms with E-state index in [1.807, 2.05) is 6.07 Å². The summed E-state index contributed by atoms with van der Waals surface area (Å²) in [4.78, 5) is 33.2. The number of piperidine rings is 2. The molecule has 152 valence electrons. The van der Waals surface area contributed by atoms with Crippen molar-refractivity contribution < 1.29 is 9.53 Å². The molecule has 3 atom stereocenters. The number of hydrogen-bond acceptors (Lipinski definition) is 5. The summed E-state index contributed by atoms with van der Waals surface area (Å²) in [6.45, 7) is 6.03. The average molecular weight is 394 g/mol. The normalized spacial score (nSPS) is 32.6. The summed E-state index contributed by atoms with van der Waals surface area (Å²) in [5.74, 6) is 0.323. The third kappa shape index (κ3) is 3.05. The van der Waals surface area contributed by atoms with E-state index in [9.17, 15) is 9.59 Å². The van der Waals surface area contributed by atoms with Gasteiger partial charge < -0.3 is 24.8 Å². The van der Waals surface area contributed by atoms with Crippen LogP contribution in [0.5, 0.6) is 5.75 Å². The standard InChI is InChI=1S/C22H26N4O3/c1-29-19-10-23-17(9-18(19)27)21(28)24-20-15-11-25-7-8-26(12-15)14-22(20,13-25)16-5-3-2-4-6-16/h2-6,9-10,15,20H,7-8,11-14H2,1H3,(H,23,27)(H,24,28). The van der Waals surface area contributed by atoms with Gasteiger partial charge in [0, 0.05) is 68.9 Å². The summed E-state index contributed by atoms with van der Waals surface area (Å²) in [6.07, 6.45) is 1.45. The lowest BCUT2D eigenvalue weighted by atomic mass is 9.64. The Bertz CT molecular complexity index is 958. The molecule has 0 aliphatic carbocycles. The molecule has 3 unspecified atom stereocenters. The molecule has 7 heteroatoms. The molecule has 7 nitrogen and oxygen atoms in total. The largest absolute Gasteiger partial charge is 0.491 e. The van der Waals surface area contributed by atoms with E-state index in [0.29, 0.717) is 5.92 Å². The Kier molecular flexibility index (Phi) is 4.44. The van der Waals surface area contributed by atoms with Gasteiger partial charge in [-0.3, -0.25) is 9.59 Å². The molecule has 29 heavy (non-hydrogen) atoms. The molecule has 4 aliphatic rings. The molecule has 5 heterocycles. The second kappa shape index (κ2) is 7.00. The summed E-state index contributed by atoms with van der Waals surface area (Å²) >= 11 is 0. The van der Waals surface area contributed by atoms with Crippen molar-refractivity contribution in [1.29, 1.82) is 0 Å². The zero-order valence-electron chi connectivity index (χ0n) is 16.6. The van der Waals surface area contributed by atoms with Crippen LogP contribution in [0.25, 0.3) is 0 Å². The van der Waals surface area contributed by atoms with Gasteiger partial charge in [-0.1, -0.05) is 30.3 Å². The topological polar surface area (TPSA) is 77.7 Å². The summed E-state index contributed by atoms with van der Waals surface area (Å²) in [5.41, 5.74) is 1.09. The van der Waals surface area contributed by atoms with Gasteiger partial charge in [-0.25, -0.2) is 0 Å². The fraction of sp³-hybridized carbons (Fsp3) is 0.455. The number of ether oxygens (including phenoxy) is 1. The number of nitrogens with zero attached hydrogens (tertiary/aromatic N) is 2. The Morgan fingerprint density at radius 3 is 2.48 bits per heavy atom. The minimum Gasteiger partial charge on any atom is -0.491 e. The highest BCUT2D eigenvalue weighted by Crippen LogP contribution is 2.43. The van der Waals surface area contributed by atoms with Gasteiger partial charge in [-0.15, -0.1) is 0 Å². The number of aromatic amines is 1. The molecule has 1 aromatic carbocycles. The molecule has 0 spiro atoms. The summed E-state index contributed by atoms with van der Waals surface area (Å²) in [5, 5.41) is 3.31. The van der Waals surface area contributed by atoms with Crippen molar-refractivity contribution in [3.63, 3.8) is 0 Å². The fourth-order valence-corrected chi connectivity index (χ4v) is 5.54. The first-order valence-electron chi connectivity index (χ1n) is 10.2. The van der Waals surface area contributed by atoms with E-state index in [0.717, 1.165) is 39.3 Å². The molecular weight excluding hydrogens is 368 g/mol. The minimum atomic E-state index is -0.298. The maximum Gasteiger partial charge on any atom is 0.268 e. The Morgan fingerprint density at radius 2 is 1.86 bits per heavy atom. The molecule has 4 saturated heterocycles. The van der Waals surface area contributed by atoms with Crippen molar-refractivity contribution >= 4 is 5.91 Å². The number of benzene rings is 1. The van der Waals surface area contributed by atoms with Crippen LogP contribution in [0.4, 0.5) is 0 Å². The molecule has 4 fully saturated rings. The Hall–Kier alpha value is -2.64. The first kappa shape index (κ1) is 18.4. The number of carbonyl (C=O) groups excluding carboxylic acids is 1. The number of carbonyl (C=O) groups is 1. The van der Waals surface area contributed by atoms with Crippen molar-refractivity contribution in [2.24, 2.45) is 5.92 Å². The molecule has 0 radical (unpaired) electrons. The maximum atomic E-state index is 13.1. The predicted octanol–water partition coefficient (Wildman–Crippen LogP) is 0.681. The lowest BCUT2D eigenvalue weighted by Crippen LogP contribution is -2.70.